The monoisotopic (exact) mass is 597 g/mol. The van der Waals surface area contributed by atoms with Crippen LogP contribution in [0.5, 0.6) is 5.75 Å². The molecule has 10 atom stereocenters. The van der Waals surface area contributed by atoms with Gasteiger partial charge in [-0.1, -0.05) is 72.4 Å². The van der Waals surface area contributed by atoms with Gasteiger partial charge in [-0.3, -0.25) is 19.2 Å². The van der Waals surface area contributed by atoms with Gasteiger partial charge in [-0.2, -0.15) is 0 Å². The number of carbonyl (C=O) groups excluding carboxylic acids is 4. The Hall–Kier alpha value is -2.62. The quantitative estimate of drug-likeness (QED) is 0.298. The van der Waals surface area contributed by atoms with Crippen LogP contribution in [0.4, 0.5) is 0 Å². The zero-order chi connectivity index (χ0) is 31.8. The predicted octanol–water partition coefficient (Wildman–Crippen LogP) is 3.29. The molecule has 4 aliphatic rings. The number of fused-ring (bicyclic) bond motifs is 3. The number of aliphatic hydroxyl groups is 3. The smallest absolute Gasteiger partial charge is 0.230 e. The summed E-state index contributed by atoms with van der Waals surface area (Å²) in [4.78, 5) is 55.0. The predicted molar refractivity (Wildman–Crippen MR) is 158 cm³/mol. The van der Waals surface area contributed by atoms with Gasteiger partial charge in [0, 0.05) is 18.3 Å². The van der Waals surface area contributed by atoms with Gasteiger partial charge in [0.1, 0.15) is 23.6 Å². The highest BCUT2D eigenvalue weighted by Gasteiger charge is 2.80. The number of benzene rings is 1. The first kappa shape index (κ1) is 31.8. The third-order valence-electron chi connectivity index (χ3n) is 12.5. The molecule has 0 aliphatic heterocycles. The van der Waals surface area contributed by atoms with Gasteiger partial charge in [-0.25, -0.2) is 0 Å². The second-order valence-electron chi connectivity index (χ2n) is 14.7. The molecular weight excluding hydrogens is 550 g/mol. The van der Waals surface area contributed by atoms with E-state index in [1.807, 2.05) is 13.8 Å². The Kier molecular flexibility index (Phi) is 7.97. The summed E-state index contributed by atoms with van der Waals surface area (Å²) in [5.41, 5.74) is 0.720. The molecule has 0 saturated heterocycles. The second-order valence-corrected chi connectivity index (χ2v) is 14.7. The largest absolute Gasteiger partial charge is 0.507 e. The Morgan fingerprint density at radius 2 is 1.72 bits per heavy atom. The van der Waals surface area contributed by atoms with E-state index in [1.165, 1.54) is 6.07 Å². The van der Waals surface area contributed by atoms with Crippen LogP contribution < -0.4 is 5.73 Å². The molecular formula is C34H47NO8. The highest BCUT2D eigenvalue weighted by Crippen LogP contribution is 2.71. The number of amides is 1. The number of nitrogens with two attached hydrogens (primary N) is 1. The lowest BCUT2D eigenvalue weighted by molar-refractivity contribution is -0.292. The summed E-state index contributed by atoms with van der Waals surface area (Å²) in [5.74, 6) is -8.63. The molecule has 2 unspecified atom stereocenters. The van der Waals surface area contributed by atoms with Gasteiger partial charge < -0.3 is 26.2 Å². The van der Waals surface area contributed by atoms with Gasteiger partial charge >= 0.3 is 0 Å². The summed E-state index contributed by atoms with van der Waals surface area (Å²) in [6.45, 7) is 8.94. The van der Waals surface area contributed by atoms with E-state index in [4.69, 9.17) is 5.73 Å². The SMILES string of the molecule is CC(C)[C@H]1C(O)[C@@H](C(N)=O)C(=O)[C@]2(O)C(O)[C@H]3C(=O)c4c(O)cccc4[C@@H](C)[C@]3(C)[C@@H](CC(=O)CCC3CCCC3)[C@]12C. The molecule has 6 N–H and O–H groups in total. The Morgan fingerprint density at radius 1 is 1.09 bits per heavy atom. The van der Waals surface area contributed by atoms with Crippen molar-refractivity contribution >= 4 is 23.3 Å². The third-order valence-corrected chi connectivity index (χ3v) is 12.5. The van der Waals surface area contributed by atoms with Crippen LogP contribution in [0, 0.1) is 46.3 Å². The van der Waals surface area contributed by atoms with E-state index in [-0.39, 0.29) is 23.5 Å². The molecule has 9 heteroatoms. The molecule has 1 aromatic carbocycles. The first-order valence-electron chi connectivity index (χ1n) is 15.9. The molecule has 0 aromatic heterocycles. The number of primary amides is 1. The first-order chi connectivity index (χ1) is 20.1. The van der Waals surface area contributed by atoms with Crippen LogP contribution in [0.25, 0.3) is 0 Å². The summed E-state index contributed by atoms with van der Waals surface area (Å²) in [7, 11) is 0. The van der Waals surface area contributed by atoms with Crippen molar-refractivity contribution in [2.45, 2.75) is 103 Å². The molecule has 9 nitrogen and oxygen atoms in total. The van der Waals surface area contributed by atoms with Crippen molar-refractivity contribution in [3.05, 3.63) is 29.3 Å². The number of aromatic hydroxyl groups is 1. The number of carbonyl (C=O) groups is 4. The van der Waals surface area contributed by atoms with Crippen LogP contribution in [-0.2, 0) is 14.4 Å². The number of hydrogen-bond donors (Lipinski definition) is 5. The summed E-state index contributed by atoms with van der Waals surface area (Å²) in [6, 6.07) is 4.77. The fourth-order valence-electron chi connectivity index (χ4n) is 10.4. The minimum atomic E-state index is -2.68. The van der Waals surface area contributed by atoms with Gasteiger partial charge in [0.15, 0.2) is 17.2 Å². The molecule has 43 heavy (non-hydrogen) atoms. The number of Topliss-reactive ketones (excluding diaryl/α,β-unsaturated/α-hetero) is 3. The first-order valence-corrected chi connectivity index (χ1v) is 15.9. The normalized spacial score (nSPS) is 41.1. The lowest BCUT2D eigenvalue weighted by atomic mass is 9.33. The topological polar surface area (TPSA) is 175 Å². The van der Waals surface area contributed by atoms with Crippen LogP contribution in [-0.4, -0.2) is 61.5 Å². The maximum absolute atomic E-state index is 14.3. The molecule has 3 saturated carbocycles. The molecule has 3 fully saturated rings. The van der Waals surface area contributed by atoms with E-state index in [0.717, 1.165) is 32.1 Å². The van der Waals surface area contributed by atoms with Crippen molar-refractivity contribution in [1.29, 1.82) is 0 Å². The Balaban J connectivity index is 1.74. The Morgan fingerprint density at radius 3 is 2.30 bits per heavy atom. The van der Waals surface area contributed by atoms with Crippen LogP contribution in [0.1, 0.15) is 101 Å². The molecule has 5 rings (SSSR count). The molecule has 0 heterocycles. The minimum Gasteiger partial charge on any atom is -0.507 e. The second kappa shape index (κ2) is 10.8. The van der Waals surface area contributed by atoms with Crippen molar-refractivity contribution in [2.75, 3.05) is 0 Å². The molecule has 4 aliphatic carbocycles. The maximum atomic E-state index is 14.3. The van der Waals surface area contributed by atoms with Crippen LogP contribution in [0.3, 0.4) is 0 Å². The Labute approximate surface area is 253 Å². The molecule has 1 amide bonds. The number of hydrogen-bond acceptors (Lipinski definition) is 8. The highest BCUT2D eigenvalue weighted by molar-refractivity contribution is 6.09. The van der Waals surface area contributed by atoms with E-state index in [1.54, 1.807) is 32.9 Å². The molecule has 0 radical (unpaired) electrons. The minimum absolute atomic E-state index is 0.0187. The zero-order valence-corrected chi connectivity index (χ0v) is 25.9. The van der Waals surface area contributed by atoms with E-state index >= 15 is 0 Å². The van der Waals surface area contributed by atoms with Gasteiger partial charge in [0.25, 0.3) is 0 Å². The standard InChI is InChI=1S/C34H47NO8/c1-16(2)25-28(39)24(31(35)42)29(40)34(43)30(41)26-27(38)23-20(11-8-12-21(23)37)17(3)32(26,4)22(33(25,34)5)15-19(36)14-13-18-9-6-7-10-18/h8,11-12,16-18,22,24-26,28,30,37,39,41,43H,6-7,9-10,13-15H2,1-5H3,(H2,35,42)/t17-,22-,24-,25+,26-,28?,30?,32-,33-,34+/m1/s1. The zero-order valence-electron chi connectivity index (χ0n) is 25.9. The van der Waals surface area contributed by atoms with Gasteiger partial charge in [-0.15, -0.1) is 0 Å². The summed E-state index contributed by atoms with van der Waals surface area (Å²) < 4.78 is 0. The van der Waals surface area contributed by atoms with Crippen molar-refractivity contribution in [2.24, 2.45) is 52.1 Å². The van der Waals surface area contributed by atoms with Gasteiger partial charge in [-0.05, 0) is 53.1 Å². The molecule has 236 valence electrons. The maximum Gasteiger partial charge on any atom is 0.230 e. The molecule has 0 bridgehead atoms. The summed E-state index contributed by atoms with van der Waals surface area (Å²) in [6.07, 6.45) is 1.86. The number of aliphatic hydroxyl groups excluding tert-OH is 2. The number of rotatable bonds is 7. The Bertz CT molecular complexity index is 1340. The van der Waals surface area contributed by atoms with Crippen LogP contribution in [0.2, 0.25) is 0 Å². The van der Waals surface area contributed by atoms with E-state index in [0.29, 0.717) is 17.9 Å². The third kappa shape index (κ3) is 4.21. The van der Waals surface area contributed by atoms with E-state index in [9.17, 15) is 39.6 Å². The van der Waals surface area contributed by atoms with Crippen molar-refractivity contribution < 1.29 is 39.6 Å². The molecule has 0 spiro atoms. The van der Waals surface area contributed by atoms with E-state index < -0.39 is 81.6 Å². The summed E-state index contributed by atoms with van der Waals surface area (Å²) in [5, 5.41) is 47.2. The average Bonchev–Trinajstić information content (AvgIpc) is 3.45. The average molecular weight is 598 g/mol. The van der Waals surface area contributed by atoms with Crippen molar-refractivity contribution in [1.82, 2.24) is 0 Å². The van der Waals surface area contributed by atoms with Crippen molar-refractivity contribution in [3.63, 3.8) is 0 Å². The van der Waals surface area contributed by atoms with Gasteiger partial charge in [0.05, 0.1) is 17.6 Å². The highest BCUT2D eigenvalue weighted by atomic mass is 16.4. The van der Waals surface area contributed by atoms with E-state index in [2.05, 4.69) is 0 Å². The number of phenols is 1. The number of ketones is 3. The fraction of sp³-hybridized carbons (Fsp3) is 0.706. The lowest BCUT2D eigenvalue weighted by Gasteiger charge is -2.71. The van der Waals surface area contributed by atoms with Crippen molar-refractivity contribution in [3.8, 4) is 5.75 Å². The molecule has 1 aromatic rings. The number of phenolic OH excluding ortho intramolecular Hbond substituents is 1. The van der Waals surface area contributed by atoms with Crippen LogP contribution >= 0.6 is 0 Å². The fourth-order valence-corrected chi connectivity index (χ4v) is 10.4. The summed E-state index contributed by atoms with van der Waals surface area (Å²) >= 11 is 0. The van der Waals surface area contributed by atoms with Gasteiger partial charge in [0.2, 0.25) is 5.91 Å². The van der Waals surface area contributed by atoms with Crippen LogP contribution in [0.15, 0.2) is 18.2 Å². The lowest BCUT2D eigenvalue weighted by Crippen LogP contribution is -2.82.